The molecule has 6 nitrogen and oxygen atoms in total. The summed E-state index contributed by atoms with van der Waals surface area (Å²) < 4.78 is 29.7. The molecule has 0 aromatic heterocycles. The molecular weight excluding hydrogens is 401 g/mol. The van der Waals surface area contributed by atoms with Crippen LogP contribution in [0.4, 0.5) is 10.1 Å². The maximum Gasteiger partial charge on any atom is 0.341 e. The van der Waals surface area contributed by atoms with Crippen LogP contribution in [0.15, 0.2) is 42.5 Å². The highest BCUT2D eigenvalue weighted by atomic mass is 19.1. The van der Waals surface area contributed by atoms with Crippen LogP contribution in [0.3, 0.4) is 0 Å². The smallest absolute Gasteiger partial charge is 0.341 e. The van der Waals surface area contributed by atoms with E-state index >= 15 is 0 Å². The van der Waals surface area contributed by atoms with Gasteiger partial charge in [0.1, 0.15) is 17.1 Å². The van der Waals surface area contributed by atoms with E-state index in [1.54, 1.807) is 37.3 Å². The molecule has 3 rings (SSSR count). The summed E-state index contributed by atoms with van der Waals surface area (Å²) in [6.07, 6.45) is 1.75. The van der Waals surface area contributed by atoms with Crippen molar-refractivity contribution < 1.29 is 28.2 Å². The lowest BCUT2D eigenvalue weighted by Gasteiger charge is -2.36. The molecule has 1 aliphatic rings. The third-order valence-corrected chi connectivity index (χ3v) is 5.37. The lowest BCUT2D eigenvalue weighted by atomic mass is 9.73. The zero-order valence-electron chi connectivity index (χ0n) is 17.9. The summed E-state index contributed by atoms with van der Waals surface area (Å²) >= 11 is 0. The molecule has 1 N–H and O–H groups in total. The van der Waals surface area contributed by atoms with Crippen LogP contribution < -0.4 is 10.1 Å². The molecule has 0 saturated carbocycles. The van der Waals surface area contributed by atoms with Gasteiger partial charge in [0.25, 0.3) is 0 Å². The Kier molecular flexibility index (Phi) is 7.63. The molecule has 1 amide bonds. The molecule has 1 saturated heterocycles. The number of ether oxygens (including phenoxy) is 3. The zero-order chi connectivity index (χ0) is 22.3. The van der Waals surface area contributed by atoms with E-state index < -0.39 is 11.4 Å². The molecule has 1 heterocycles. The molecule has 166 valence electrons. The number of rotatable bonds is 8. The fraction of sp³-hybridized carbons (Fsp3) is 0.417. The van der Waals surface area contributed by atoms with Gasteiger partial charge in [-0.25, -0.2) is 9.18 Å². The third-order valence-electron chi connectivity index (χ3n) is 5.37. The Labute approximate surface area is 181 Å². The van der Waals surface area contributed by atoms with E-state index in [-0.39, 0.29) is 23.9 Å². The quantitative estimate of drug-likeness (QED) is 0.627. The van der Waals surface area contributed by atoms with Gasteiger partial charge in [0.05, 0.1) is 18.6 Å². The number of amides is 1. The van der Waals surface area contributed by atoms with Gasteiger partial charge in [-0.1, -0.05) is 19.1 Å². The highest BCUT2D eigenvalue weighted by Crippen LogP contribution is 2.36. The van der Waals surface area contributed by atoms with Gasteiger partial charge in [-0.05, 0) is 62.1 Å². The number of halogens is 1. The van der Waals surface area contributed by atoms with Crippen LogP contribution in [-0.4, -0.2) is 38.3 Å². The van der Waals surface area contributed by atoms with E-state index in [0.29, 0.717) is 44.1 Å². The van der Waals surface area contributed by atoms with Gasteiger partial charge in [0.15, 0.2) is 0 Å². The highest BCUT2D eigenvalue weighted by molar-refractivity contribution is 6.01. The Morgan fingerprint density at radius 3 is 2.45 bits per heavy atom. The Bertz CT molecular complexity index is 907. The minimum absolute atomic E-state index is 0.223. The van der Waals surface area contributed by atoms with Gasteiger partial charge in [-0.2, -0.15) is 0 Å². The molecule has 1 aliphatic heterocycles. The number of nitrogens with one attached hydrogen (secondary N) is 1. The molecule has 0 aliphatic carbocycles. The second-order valence-electron chi connectivity index (χ2n) is 7.44. The van der Waals surface area contributed by atoms with Crippen molar-refractivity contribution in [2.45, 2.75) is 38.5 Å². The zero-order valence-corrected chi connectivity index (χ0v) is 17.9. The highest BCUT2D eigenvalue weighted by Gasteiger charge is 2.41. The van der Waals surface area contributed by atoms with Crippen LogP contribution in [0.2, 0.25) is 0 Å². The molecule has 0 spiro atoms. The van der Waals surface area contributed by atoms with Crippen LogP contribution in [0, 0.1) is 5.82 Å². The predicted molar refractivity (Wildman–Crippen MR) is 115 cm³/mol. The first-order valence-corrected chi connectivity index (χ1v) is 10.6. The normalized spacial score (nSPS) is 15.2. The molecule has 0 radical (unpaired) electrons. The molecule has 0 unspecified atom stereocenters. The van der Waals surface area contributed by atoms with Gasteiger partial charge < -0.3 is 19.5 Å². The largest absolute Gasteiger partial charge is 0.493 e. The van der Waals surface area contributed by atoms with Gasteiger partial charge in [0, 0.05) is 18.9 Å². The predicted octanol–water partition coefficient (Wildman–Crippen LogP) is 4.48. The van der Waals surface area contributed by atoms with E-state index in [9.17, 15) is 14.0 Å². The fourth-order valence-corrected chi connectivity index (χ4v) is 3.70. The van der Waals surface area contributed by atoms with E-state index in [1.165, 1.54) is 12.1 Å². The number of hydrogen-bond donors (Lipinski definition) is 1. The Hall–Kier alpha value is -2.93. The monoisotopic (exact) mass is 429 g/mol. The van der Waals surface area contributed by atoms with Crippen LogP contribution in [0.1, 0.15) is 49.0 Å². The molecule has 2 aromatic rings. The van der Waals surface area contributed by atoms with Crippen molar-refractivity contribution in [3.05, 3.63) is 59.4 Å². The second kappa shape index (κ2) is 10.4. The summed E-state index contributed by atoms with van der Waals surface area (Å²) in [4.78, 5) is 25.8. The van der Waals surface area contributed by atoms with Crippen LogP contribution in [-0.2, 0) is 19.7 Å². The number of esters is 1. The number of hydrogen-bond acceptors (Lipinski definition) is 5. The first-order valence-electron chi connectivity index (χ1n) is 10.6. The summed E-state index contributed by atoms with van der Waals surface area (Å²) in [5.74, 6) is -0.672. The molecule has 0 bridgehead atoms. The van der Waals surface area contributed by atoms with Crippen LogP contribution in [0.5, 0.6) is 5.75 Å². The SMILES string of the molecule is CCCOc1ccc(NC(=O)C2(c3ccc(F)cc3)CCOCC2)cc1C(=O)OCC. The topological polar surface area (TPSA) is 73.9 Å². The van der Waals surface area contributed by atoms with E-state index in [0.717, 1.165) is 12.0 Å². The molecule has 7 heteroatoms. The maximum absolute atomic E-state index is 13.5. The molecule has 2 aromatic carbocycles. The number of carbonyl (C=O) groups excluding carboxylic acids is 2. The standard InChI is InChI=1S/C24H28FNO5/c1-3-13-31-21-10-9-19(16-20(21)22(27)30-4-2)26-23(28)24(11-14-29-15-12-24)17-5-7-18(25)8-6-17/h5-10,16H,3-4,11-15H2,1-2H3,(H,26,28). The van der Waals surface area contributed by atoms with Gasteiger partial charge in [-0.3, -0.25) is 4.79 Å². The molecule has 31 heavy (non-hydrogen) atoms. The molecule has 1 fully saturated rings. The average Bonchev–Trinajstić information content (AvgIpc) is 2.79. The third kappa shape index (κ3) is 5.22. The summed E-state index contributed by atoms with van der Waals surface area (Å²) in [6.45, 7) is 5.27. The van der Waals surface area contributed by atoms with Crippen molar-refractivity contribution in [2.75, 3.05) is 31.7 Å². The van der Waals surface area contributed by atoms with Crippen LogP contribution in [0.25, 0.3) is 0 Å². The minimum Gasteiger partial charge on any atom is -0.493 e. The van der Waals surface area contributed by atoms with Crippen LogP contribution >= 0.6 is 0 Å². The Morgan fingerprint density at radius 2 is 1.81 bits per heavy atom. The second-order valence-corrected chi connectivity index (χ2v) is 7.44. The van der Waals surface area contributed by atoms with Crippen molar-refractivity contribution in [3.63, 3.8) is 0 Å². The number of benzene rings is 2. The lowest BCUT2D eigenvalue weighted by molar-refractivity contribution is -0.125. The summed E-state index contributed by atoms with van der Waals surface area (Å²) in [5, 5.41) is 2.93. The summed E-state index contributed by atoms with van der Waals surface area (Å²) in [6, 6.07) is 10.9. The van der Waals surface area contributed by atoms with E-state index in [4.69, 9.17) is 14.2 Å². The Morgan fingerprint density at radius 1 is 1.10 bits per heavy atom. The first-order chi connectivity index (χ1) is 15.0. The van der Waals surface area contributed by atoms with Gasteiger partial charge in [0.2, 0.25) is 5.91 Å². The van der Waals surface area contributed by atoms with Crippen molar-refractivity contribution in [2.24, 2.45) is 0 Å². The van der Waals surface area contributed by atoms with Crippen molar-refractivity contribution in [1.29, 1.82) is 0 Å². The number of carbonyl (C=O) groups is 2. The van der Waals surface area contributed by atoms with Gasteiger partial charge >= 0.3 is 5.97 Å². The van der Waals surface area contributed by atoms with E-state index in [1.807, 2.05) is 6.92 Å². The van der Waals surface area contributed by atoms with Crippen molar-refractivity contribution in [1.82, 2.24) is 0 Å². The Balaban J connectivity index is 1.90. The van der Waals surface area contributed by atoms with Crippen molar-refractivity contribution >= 4 is 17.6 Å². The molecule has 0 atom stereocenters. The summed E-state index contributed by atoms with van der Waals surface area (Å²) in [5.41, 5.74) is 0.622. The average molecular weight is 429 g/mol. The van der Waals surface area contributed by atoms with Gasteiger partial charge in [-0.15, -0.1) is 0 Å². The number of anilines is 1. The first kappa shape index (κ1) is 22.7. The lowest BCUT2D eigenvalue weighted by Crippen LogP contribution is -2.44. The summed E-state index contributed by atoms with van der Waals surface area (Å²) in [7, 11) is 0. The molecular formula is C24H28FNO5. The van der Waals surface area contributed by atoms with E-state index in [2.05, 4.69) is 5.32 Å². The van der Waals surface area contributed by atoms with Crippen molar-refractivity contribution in [3.8, 4) is 5.75 Å². The minimum atomic E-state index is -0.840. The maximum atomic E-state index is 13.5. The fourth-order valence-electron chi connectivity index (χ4n) is 3.70.